The van der Waals surface area contributed by atoms with Crippen molar-refractivity contribution in [2.45, 2.75) is 65.0 Å². The second-order valence-electron chi connectivity index (χ2n) is 5.31. The van der Waals surface area contributed by atoms with Crippen LogP contribution in [0.15, 0.2) is 4.42 Å². The molecule has 1 aliphatic rings. The fraction of sp³-hybridized carbons (Fsp3) is 0.857. The highest BCUT2D eigenvalue weighted by Crippen LogP contribution is 2.26. The molecule has 108 valence electrons. The van der Waals surface area contributed by atoms with Crippen LogP contribution in [-0.4, -0.2) is 29.3 Å². The van der Waals surface area contributed by atoms with Gasteiger partial charge < -0.3 is 14.6 Å². The molecule has 2 atom stereocenters. The molecule has 0 radical (unpaired) electrons. The fourth-order valence-electron chi connectivity index (χ4n) is 2.76. The van der Waals surface area contributed by atoms with Gasteiger partial charge >= 0.3 is 6.01 Å². The second-order valence-corrected chi connectivity index (χ2v) is 5.31. The molecule has 1 aromatic heterocycles. The Hall–Kier alpha value is -1.10. The summed E-state index contributed by atoms with van der Waals surface area (Å²) in [5.41, 5.74) is 0. The Kier molecular flexibility index (Phi) is 5.19. The molecule has 0 aromatic carbocycles. The van der Waals surface area contributed by atoms with Crippen molar-refractivity contribution >= 4 is 6.01 Å². The third-order valence-corrected chi connectivity index (χ3v) is 3.90. The van der Waals surface area contributed by atoms with Gasteiger partial charge in [0.15, 0.2) is 0 Å². The van der Waals surface area contributed by atoms with E-state index >= 15 is 0 Å². The van der Waals surface area contributed by atoms with Gasteiger partial charge in [-0.25, -0.2) is 0 Å². The Labute approximate surface area is 115 Å². The monoisotopic (exact) mass is 266 g/mol. The molecule has 2 rings (SSSR count). The van der Waals surface area contributed by atoms with Crippen molar-refractivity contribution in [2.24, 2.45) is 0 Å². The predicted octanol–water partition coefficient (Wildman–Crippen LogP) is 2.90. The van der Waals surface area contributed by atoms with Crippen LogP contribution >= 0.6 is 0 Å². The maximum atomic E-state index is 5.87. The summed E-state index contributed by atoms with van der Waals surface area (Å²) in [6.07, 6.45) is 6.21. The lowest BCUT2D eigenvalue weighted by Gasteiger charge is -2.27. The maximum Gasteiger partial charge on any atom is 0.318 e. The normalized spacial score (nSPS) is 22.3. The van der Waals surface area contributed by atoms with Gasteiger partial charge in [0, 0.05) is 12.6 Å². The summed E-state index contributed by atoms with van der Waals surface area (Å²) >= 11 is 0. The number of nitrogens with one attached hydrogen (secondary N) is 1. The number of aromatic nitrogens is 2. The van der Waals surface area contributed by atoms with Crippen LogP contribution in [-0.2, 0) is 0 Å². The third-order valence-electron chi connectivity index (χ3n) is 3.90. The van der Waals surface area contributed by atoms with Crippen LogP contribution in [0.5, 0.6) is 0 Å². The van der Waals surface area contributed by atoms with E-state index in [0.717, 1.165) is 19.5 Å². The number of rotatable bonds is 5. The highest BCUT2D eigenvalue weighted by atomic mass is 16.4. The molecule has 0 aliphatic carbocycles. The average molecular weight is 266 g/mol. The maximum absolute atomic E-state index is 5.87. The molecule has 0 saturated carbocycles. The summed E-state index contributed by atoms with van der Waals surface area (Å²) in [5.74, 6) is 0.691. The van der Waals surface area contributed by atoms with Crippen LogP contribution in [0.25, 0.3) is 0 Å². The molecule has 1 aliphatic heterocycles. The molecule has 2 heterocycles. The SMILES string of the molecule is CCNC(C)c1nnc(N2CCCCCC2CC)o1. The van der Waals surface area contributed by atoms with E-state index in [-0.39, 0.29) is 6.04 Å². The minimum absolute atomic E-state index is 0.123. The summed E-state index contributed by atoms with van der Waals surface area (Å²) < 4.78 is 5.87. The van der Waals surface area contributed by atoms with Gasteiger partial charge in [-0.2, -0.15) is 0 Å². The lowest BCUT2D eigenvalue weighted by Crippen LogP contribution is -2.34. The van der Waals surface area contributed by atoms with Gasteiger partial charge in [-0.1, -0.05) is 31.8 Å². The first-order chi connectivity index (χ1) is 9.26. The minimum atomic E-state index is 0.123. The Morgan fingerprint density at radius 3 is 2.89 bits per heavy atom. The van der Waals surface area contributed by atoms with E-state index in [9.17, 15) is 0 Å². The van der Waals surface area contributed by atoms with Gasteiger partial charge in [0.2, 0.25) is 5.89 Å². The Morgan fingerprint density at radius 2 is 2.16 bits per heavy atom. The molecule has 5 heteroatoms. The van der Waals surface area contributed by atoms with Crippen molar-refractivity contribution in [3.8, 4) is 0 Å². The van der Waals surface area contributed by atoms with E-state index in [4.69, 9.17) is 4.42 Å². The van der Waals surface area contributed by atoms with Gasteiger partial charge in [0.1, 0.15) is 0 Å². The van der Waals surface area contributed by atoms with Crippen molar-refractivity contribution < 1.29 is 4.42 Å². The highest BCUT2D eigenvalue weighted by Gasteiger charge is 2.25. The standard InChI is InChI=1S/C14H26N4O/c1-4-12-9-7-6-8-10-18(12)14-17-16-13(19-14)11(3)15-5-2/h11-12,15H,4-10H2,1-3H3. The van der Waals surface area contributed by atoms with Crippen LogP contribution in [0.2, 0.25) is 0 Å². The molecule has 0 bridgehead atoms. The highest BCUT2D eigenvalue weighted by molar-refractivity contribution is 5.27. The van der Waals surface area contributed by atoms with Gasteiger partial charge in [-0.05, 0) is 32.7 Å². The van der Waals surface area contributed by atoms with Gasteiger partial charge in [-0.3, -0.25) is 0 Å². The van der Waals surface area contributed by atoms with Crippen molar-refractivity contribution in [3.05, 3.63) is 5.89 Å². The average Bonchev–Trinajstić information content (AvgIpc) is 2.78. The first-order valence-electron chi connectivity index (χ1n) is 7.59. The number of hydrogen-bond acceptors (Lipinski definition) is 5. The zero-order chi connectivity index (χ0) is 13.7. The van der Waals surface area contributed by atoms with Crippen LogP contribution in [0.1, 0.15) is 64.8 Å². The molecular formula is C14H26N4O. The topological polar surface area (TPSA) is 54.2 Å². The minimum Gasteiger partial charge on any atom is -0.406 e. The lowest BCUT2D eigenvalue weighted by molar-refractivity contribution is 0.407. The van der Waals surface area contributed by atoms with Crippen molar-refractivity contribution in [3.63, 3.8) is 0 Å². The van der Waals surface area contributed by atoms with E-state index in [2.05, 4.69) is 41.2 Å². The first kappa shape index (κ1) is 14.3. The molecule has 2 unspecified atom stereocenters. The van der Waals surface area contributed by atoms with E-state index in [1.807, 2.05) is 0 Å². The Balaban J connectivity index is 2.10. The molecule has 1 saturated heterocycles. The van der Waals surface area contributed by atoms with Crippen molar-refractivity contribution in [2.75, 3.05) is 18.0 Å². The molecule has 5 nitrogen and oxygen atoms in total. The smallest absolute Gasteiger partial charge is 0.318 e. The molecule has 0 spiro atoms. The number of nitrogens with zero attached hydrogens (tertiary/aromatic N) is 3. The summed E-state index contributed by atoms with van der Waals surface area (Å²) in [6.45, 7) is 8.31. The molecule has 19 heavy (non-hydrogen) atoms. The number of anilines is 1. The number of hydrogen-bond donors (Lipinski definition) is 1. The summed E-state index contributed by atoms with van der Waals surface area (Å²) in [6, 6.07) is 1.37. The quantitative estimate of drug-likeness (QED) is 0.888. The van der Waals surface area contributed by atoms with E-state index in [0.29, 0.717) is 17.9 Å². The zero-order valence-corrected chi connectivity index (χ0v) is 12.4. The summed E-state index contributed by atoms with van der Waals surface area (Å²) in [7, 11) is 0. The second kappa shape index (κ2) is 6.89. The van der Waals surface area contributed by atoms with Crippen molar-refractivity contribution in [1.82, 2.24) is 15.5 Å². The molecule has 1 fully saturated rings. The molecule has 1 aromatic rings. The van der Waals surface area contributed by atoms with Gasteiger partial charge in [0.05, 0.1) is 6.04 Å². The summed E-state index contributed by atoms with van der Waals surface area (Å²) in [4.78, 5) is 2.31. The Morgan fingerprint density at radius 1 is 1.32 bits per heavy atom. The molecule has 0 amide bonds. The van der Waals surface area contributed by atoms with E-state index in [1.165, 1.54) is 25.7 Å². The molecular weight excluding hydrogens is 240 g/mol. The fourth-order valence-corrected chi connectivity index (χ4v) is 2.76. The van der Waals surface area contributed by atoms with Crippen LogP contribution in [0, 0.1) is 0 Å². The van der Waals surface area contributed by atoms with Crippen LogP contribution in [0.4, 0.5) is 6.01 Å². The molecule has 1 N–H and O–H groups in total. The Bertz CT molecular complexity index is 379. The predicted molar refractivity (Wildman–Crippen MR) is 76.3 cm³/mol. The first-order valence-corrected chi connectivity index (χ1v) is 7.59. The third kappa shape index (κ3) is 3.47. The van der Waals surface area contributed by atoms with Crippen molar-refractivity contribution in [1.29, 1.82) is 0 Å². The summed E-state index contributed by atoms with van der Waals surface area (Å²) in [5, 5.41) is 11.7. The lowest BCUT2D eigenvalue weighted by atomic mass is 10.1. The van der Waals surface area contributed by atoms with Gasteiger partial charge in [0.25, 0.3) is 0 Å². The van der Waals surface area contributed by atoms with Crippen LogP contribution in [0.3, 0.4) is 0 Å². The zero-order valence-electron chi connectivity index (χ0n) is 12.4. The largest absolute Gasteiger partial charge is 0.406 e. The van der Waals surface area contributed by atoms with E-state index < -0.39 is 0 Å². The van der Waals surface area contributed by atoms with E-state index in [1.54, 1.807) is 0 Å². The van der Waals surface area contributed by atoms with Gasteiger partial charge in [-0.15, -0.1) is 5.10 Å². The van der Waals surface area contributed by atoms with Crippen LogP contribution < -0.4 is 10.2 Å².